The second kappa shape index (κ2) is 8.92. The van der Waals surface area contributed by atoms with Gasteiger partial charge in [-0.2, -0.15) is 0 Å². The number of rotatable bonds is 7. The van der Waals surface area contributed by atoms with Gasteiger partial charge >= 0.3 is 0 Å². The van der Waals surface area contributed by atoms with Crippen molar-refractivity contribution in [3.05, 3.63) is 29.3 Å². The molecule has 2 rings (SSSR count). The summed E-state index contributed by atoms with van der Waals surface area (Å²) in [5.41, 5.74) is 2.21. The second-order valence-corrected chi connectivity index (χ2v) is 6.59. The van der Waals surface area contributed by atoms with Gasteiger partial charge in [0.15, 0.2) is 0 Å². The molecule has 0 radical (unpaired) electrons. The number of carbonyl (C=O) groups excluding carboxylic acids is 1. The predicted molar refractivity (Wildman–Crippen MR) is 93.6 cm³/mol. The highest BCUT2D eigenvalue weighted by atomic mass is 16.5. The molecule has 4 heteroatoms. The van der Waals surface area contributed by atoms with Crippen molar-refractivity contribution in [2.75, 3.05) is 19.7 Å². The van der Waals surface area contributed by atoms with Gasteiger partial charge < -0.3 is 15.4 Å². The quantitative estimate of drug-likeness (QED) is 0.812. The van der Waals surface area contributed by atoms with E-state index in [9.17, 15) is 4.79 Å². The molecule has 2 N–H and O–H groups in total. The molecule has 1 unspecified atom stereocenters. The van der Waals surface area contributed by atoms with Crippen LogP contribution in [-0.4, -0.2) is 25.6 Å². The van der Waals surface area contributed by atoms with Crippen LogP contribution in [0.15, 0.2) is 18.2 Å². The fourth-order valence-electron chi connectivity index (χ4n) is 3.24. The first-order chi connectivity index (χ1) is 11.1. The lowest BCUT2D eigenvalue weighted by molar-refractivity contribution is -0.122. The smallest absolute Gasteiger partial charge is 0.220 e. The molecule has 0 saturated carbocycles. The lowest BCUT2D eigenvalue weighted by atomic mass is 9.84. The van der Waals surface area contributed by atoms with E-state index in [1.54, 1.807) is 0 Å². The molecule has 1 amide bonds. The molecular formula is C19H30N2O2. The zero-order valence-corrected chi connectivity index (χ0v) is 14.7. The Labute approximate surface area is 140 Å². The molecule has 1 aromatic carbocycles. The number of nitrogens with one attached hydrogen (secondary N) is 2. The highest BCUT2D eigenvalue weighted by Gasteiger charge is 2.22. The molecule has 0 aliphatic carbocycles. The number of ether oxygens (including phenoxy) is 1. The number of piperidine rings is 1. The predicted octanol–water partition coefficient (Wildman–Crippen LogP) is 3.04. The van der Waals surface area contributed by atoms with E-state index in [4.69, 9.17) is 4.74 Å². The average Bonchev–Trinajstić information content (AvgIpc) is 2.55. The molecule has 1 aromatic rings. The number of aryl methyl sites for hydroxylation is 1. The number of hydrogen-bond donors (Lipinski definition) is 2. The summed E-state index contributed by atoms with van der Waals surface area (Å²) in [6, 6.07) is 6.13. The van der Waals surface area contributed by atoms with Crippen LogP contribution in [0.2, 0.25) is 0 Å². The first-order valence-corrected chi connectivity index (χ1v) is 8.80. The van der Waals surface area contributed by atoms with Crippen molar-refractivity contribution in [2.45, 2.75) is 46.6 Å². The molecule has 0 spiro atoms. The van der Waals surface area contributed by atoms with Crippen molar-refractivity contribution >= 4 is 5.91 Å². The van der Waals surface area contributed by atoms with Crippen LogP contribution in [0.3, 0.4) is 0 Å². The summed E-state index contributed by atoms with van der Waals surface area (Å²) in [4.78, 5) is 12.2. The monoisotopic (exact) mass is 318 g/mol. The van der Waals surface area contributed by atoms with E-state index in [2.05, 4.69) is 23.6 Å². The molecule has 1 heterocycles. The maximum Gasteiger partial charge on any atom is 0.220 e. The summed E-state index contributed by atoms with van der Waals surface area (Å²) < 4.78 is 5.67. The second-order valence-electron chi connectivity index (χ2n) is 6.59. The first-order valence-electron chi connectivity index (χ1n) is 8.80. The molecule has 1 aliphatic rings. The third kappa shape index (κ3) is 5.54. The Kier molecular flexibility index (Phi) is 6.90. The lowest BCUT2D eigenvalue weighted by Gasteiger charge is -2.27. The Bertz CT molecular complexity index is 510. The fourth-order valence-corrected chi connectivity index (χ4v) is 3.24. The van der Waals surface area contributed by atoms with E-state index in [0.29, 0.717) is 31.4 Å². The highest BCUT2D eigenvalue weighted by molar-refractivity contribution is 5.76. The first kappa shape index (κ1) is 17.8. The Morgan fingerprint density at radius 3 is 2.83 bits per heavy atom. The minimum Gasteiger partial charge on any atom is -0.494 e. The Balaban J connectivity index is 1.84. The van der Waals surface area contributed by atoms with Gasteiger partial charge in [0, 0.05) is 18.5 Å². The Morgan fingerprint density at radius 2 is 2.13 bits per heavy atom. The minimum atomic E-state index is 0.138. The normalized spacial score (nSPS) is 16.8. The van der Waals surface area contributed by atoms with Crippen LogP contribution in [0.1, 0.15) is 44.2 Å². The minimum absolute atomic E-state index is 0.138. The van der Waals surface area contributed by atoms with E-state index in [-0.39, 0.29) is 5.91 Å². The van der Waals surface area contributed by atoms with Crippen LogP contribution in [0.25, 0.3) is 0 Å². The largest absolute Gasteiger partial charge is 0.494 e. The maximum atomic E-state index is 12.2. The van der Waals surface area contributed by atoms with Gasteiger partial charge in [0.2, 0.25) is 5.91 Å². The van der Waals surface area contributed by atoms with Gasteiger partial charge in [-0.3, -0.25) is 4.79 Å². The fraction of sp³-hybridized carbons (Fsp3) is 0.632. The van der Waals surface area contributed by atoms with Gasteiger partial charge in [-0.05, 0) is 63.2 Å². The van der Waals surface area contributed by atoms with Gasteiger partial charge in [0.1, 0.15) is 5.75 Å². The number of carbonyl (C=O) groups is 1. The molecule has 1 aliphatic heterocycles. The molecule has 1 fully saturated rings. The zero-order chi connectivity index (χ0) is 16.7. The van der Waals surface area contributed by atoms with Crippen molar-refractivity contribution < 1.29 is 9.53 Å². The molecule has 0 bridgehead atoms. The third-order valence-corrected chi connectivity index (χ3v) is 4.69. The van der Waals surface area contributed by atoms with Crippen LogP contribution >= 0.6 is 0 Å². The summed E-state index contributed by atoms with van der Waals surface area (Å²) >= 11 is 0. The zero-order valence-electron chi connectivity index (χ0n) is 14.7. The van der Waals surface area contributed by atoms with Crippen molar-refractivity contribution in [3.8, 4) is 5.75 Å². The van der Waals surface area contributed by atoms with Crippen LogP contribution in [-0.2, 0) is 11.3 Å². The summed E-state index contributed by atoms with van der Waals surface area (Å²) in [6.07, 6.45) is 2.97. The summed E-state index contributed by atoms with van der Waals surface area (Å²) in [5, 5.41) is 6.43. The van der Waals surface area contributed by atoms with Gasteiger partial charge in [-0.25, -0.2) is 0 Å². The van der Waals surface area contributed by atoms with E-state index in [1.807, 2.05) is 26.0 Å². The van der Waals surface area contributed by atoms with Crippen LogP contribution in [0.5, 0.6) is 5.75 Å². The SMILES string of the molecule is CCOc1cc(C)ccc1CNC(=O)CC(C)C1CCNCC1. The topological polar surface area (TPSA) is 50.4 Å². The van der Waals surface area contributed by atoms with E-state index < -0.39 is 0 Å². The number of amides is 1. The van der Waals surface area contributed by atoms with Gasteiger partial charge in [-0.1, -0.05) is 19.1 Å². The van der Waals surface area contributed by atoms with Crippen LogP contribution in [0, 0.1) is 18.8 Å². The molecule has 23 heavy (non-hydrogen) atoms. The lowest BCUT2D eigenvalue weighted by Crippen LogP contribution is -2.33. The summed E-state index contributed by atoms with van der Waals surface area (Å²) in [5.74, 6) is 2.13. The van der Waals surface area contributed by atoms with Gasteiger partial charge in [0.25, 0.3) is 0 Å². The number of benzene rings is 1. The molecule has 128 valence electrons. The van der Waals surface area contributed by atoms with Gasteiger partial charge in [-0.15, -0.1) is 0 Å². The van der Waals surface area contributed by atoms with Crippen molar-refractivity contribution in [1.82, 2.24) is 10.6 Å². The Hall–Kier alpha value is -1.55. The van der Waals surface area contributed by atoms with E-state index in [1.165, 1.54) is 18.4 Å². The average molecular weight is 318 g/mol. The molecule has 1 saturated heterocycles. The standard InChI is InChI=1S/C19H30N2O2/c1-4-23-18-11-14(2)5-6-17(18)13-21-19(22)12-15(3)16-7-9-20-10-8-16/h5-6,11,15-16,20H,4,7-10,12-13H2,1-3H3,(H,21,22). The Morgan fingerprint density at radius 1 is 1.39 bits per heavy atom. The van der Waals surface area contributed by atoms with Crippen molar-refractivity contribution in [2.24, 2.45) is 11.8 Å². The van der Waals surface area contributed by atoms with Crippen molar-refractivity contribution in [3.63, 3.8) is 0 Å². The molecule has 4 nitrogen and oxygen atoms in total. The number of hydrogen-bond acceptors (Lipinski definition) is 3. The van der Waals surface area contributed by atoms with Crippen LogP contribution < -0.4 is 15.4 Å². The third-order valence-electron chi connectivity index (χ3n) is 4.69. The van der Waals surface area contributed by atoms with Crippen LogP contribution in [0.4, 0.5) is 0 Å². The molecular weight excluding hydrogens is 288 g/mol. The highest BCUT2D eigenvalue weighted by Crippen LogP contribution is 2.24. The van der Waals surface area contributed by atoms with Gasteiger partial charge in [0.05, 0.1) is 6.61 Å². The summed E-state index contributed by atoms with van der Waals surface area (Å²) in [6.45, 7) is 9.56. The maximum absolute atomic E-state index is 12.2. The molecule has 1 atom stereocenters. The molecule has 0 aromatic heterocycles. The van der Waals surface area contributed by atoms with E-state index >= 15 is 0 Å². The van der Waals surface area contributed by atoms with E-state index in [0.717, 1.165) is 24.4 Å². The summed E-state index contributed by atoms with van der Waals surface area (Å²) in [7, 11) is 0. The van der Waals surface area contributed by atoms with Crippen molar-refractivity contribution in [1.29, 1.82) is 0 Å².